The zero-order chi connectivity index (χ0) is 33.3. The van der Waals surface area contributed by atoms with Crippen molar-refractivity contribution >= 4 is 11.9 Å². The Morgan fingerprint density at radius 2 is 1.70 bits per heavy atom. The van der Waals surface area contributed by atoms with Crippen molar-refractivity contribution in [2.75, 3.05) is 46.5 Å². The summed E-state index contributed by atoms with van der Waals surface area (Å²) in [5, 5.41) is 2.70. The predicted molar refractivity (Wildman–Crippen MR) is 193 cm³/mol. The molecule has 1 amide bonds. The number of carbonyl (C=O) groups is 1. The molecule has 0 spiro atoms. The summed E-state index contributed by atoms with van der Waals surface area (Å²) in [6, 6.07) is 26.6. The second-order valence-electron chi connectivity index (χ2n) is 12.4. The van der Waals surface area contributed by atoms with Crippen molar-refractivity contribution in [2.24, 2.45) is 10.7 Å². The lowest BCUT2D eigenvalue weighted by atomic mass is 9.98. The molecule has 4 rings (SSSR count). The summed E-state index contributed by atoms with van der Waals surface area (Å²) in [7, 11) is 1.70. The minimum atomic E-state index is -0.135. The Morgan fingerprint density at radius 3 is 2.40 bits per heavy atom. The molecule has 0 atom stereocenters. The summed E-state index contributed by atoms with van der Waals surface area (Å²) in [6.07, 6.45) is 6.10. The first-order valence-corrected chi connectivity index (χ1v) is 17.4. The van der Waals surface area contributed by atoms with Gasteiger partial charge in [0.1, 0.15) is 5.75 Å². The van der Waals surface area contributed by atoms with E-state index in [9.17, 15) is 4.79 Å². The second kappa shape index (κ2) is 19.8. The Bertz CT molecular complexity index is 1370. The number of likely N-dealkylation sites (tertiary alicyclic amines) is 1. The van der Waals surface area contributed by atoms with Crippen molar-refractivity contribution in [1.82, 2.24) is 15.1 Å². The summed E-state index contributed by atoms with van der Waals surface area (Å²) in [4.78, 5) is 21.9. The lowest BCUT2D eigenvalue weighted by molar-refractivity contribution is -0.119. The van der Waals surface area contributed by atoms with Crippen LogP contribution in [0.1, 0.15) is 69.1 Å². The summed E-state index contributed by atoms with van der Waals surface area (Å²) >= 11 is 0. The molecule has 3 aromatic rings. The average molecular weight is 642 g/mol. The van der Waals surface area contributed by atoms with E-state index in [-0.39, 0.29) is 11.9 Å². The number of hydrogen-bond acceptors (Lipinski definition) is 6. The van der Waals surface area contributed by atoms with Crippen LogP contribution in [0.2, 0.25) is 0 Å². The number of aryl methyl sites for hydroxylation is 1. The predicted octanol–water partition coefficient (Wildman–Crippen LogP) is 6.42. The van der Waals surface area contributed by atoms with Crippen molar-refractivity contribution in [2.45, 2.75) is 77.9 Å². The van der Waals surface area contributed by atoms with E-state index in [0.29, 0.717) is 38.6 Å². The maximum absolute atomic E-state index is 12.5. The van der Waals surface area contributed by atoms with Gasteiger partial charge in [0.25, 0.3) is 0 Å². The third kappa shape index (κ3) is 12.1. The van der Waals surface area contributed by atoms with Gasteiger partial charge in [0.05, 0.1) is 6.61 Å². The van der Waals surface area contributed by atoms with Crippen LogP contribution in [0.4, 0.5) is 0 Å². The Hall–Kier alpha value is -3.72. The molecule has 0 saturated carbocycles. The molecule has 0 radical (unpaired) electrons. The number of methoxy groups -OCH3 is 1. The number of aliphatic imine (C=N–C) groups is 1. The van der Waals surface area contributed by atoms with Gasteiger partial charge in [0.15, 0.2) is 5.96 Å². The van der Waals surface area contributed by atoms with Crippen molar-refractivity contribution in [3.8, 4) is 16.9 Å². The molecule has 1 aliphatic heterocycles. The molecule has 1 saturated heterocycles. The fraction of sp³-hybridized carbons (Fsp3) is 0.487. The van der Waals surface area contributed by atoms with Gasteiger partial charge < -0.3 is 15.2 Å². The summed E-state index contributed by atoms with van der Waals surface area (Å²) < 4.78 is 11.5. The average Bonchev–Trinajstić information content (AvgIpc) is 3.09. The molecule has 0 aliphatic carbocycles. The number of benzene rings is 3. The van der Waals surface area contributed by atoms with Crippen LogP contribution in [0.5, 0.6) is 5.75 Å². The van der Waals surface area contributed by atoms with Crippen LogP contribution in [-0.4, -0.2) is 74.2 Å². The number of guanidine groups is 1. The van der Waals surface area contributed by atoms with E-state index in [1.807, 2.05) is 0 Å². The number of rotatable bonds is 18. The Labute approximate surface area is 282 Å². The summed E-state index contributed by atoms with van der Waals surface area (Å²) in [5.41, 5.74) is 11.8. The maximum Gasteiger partial charge on any atom is 0.226 e. The van der Waals surface area contributed by atoms with Crippen LogP contribution in [0, 0.1) is 0 Å². The molecule has 0 unspecified atom stereocenters. The molecule has 47 heavy (non-hydrogen) atoms. The van der Waals surface area contributed by atoms with Gasteiger partial charge in [0.2, 0.25) is 5.91 Å². The number of carbonyl (C=O) groups excluding carboxylic acids is 1. The normalized spacial score (nSPS) is 14.4. The van der Waals surface area contributed by atoms with Crippen LogP contribution in [-0.2, 0) is 29.0 Å². The Balaban J connectivity index is 1.33. The summed E-state index contributed by atoms with van der Waals surface area (Å²) in [5.74, 6) is 0.880. The molecule has 3 N–H and O–H groups in total. The van der Waals surface area contributed by atoms with Crippen LogP contribution in [0.3, 0.4) is 0 Å². The molecule has 0 bridgehead atoms. The van der Waals surface area contributed by atoms with Gasteiger partial charge in [-0.2, -0.15) is 0 Å². The minimum Gasteiger partial charge on any atom is -0.493 e. The smallest absolute Gasteiger partial charge is 0.226 e. The molecule has 3 aromatic carbocycles. The zero-order valence-electron chi connectivity index (χ0n) is 28.8. The minimum absolute atomic E-state index is 0.135. The Morgan fingerprint density at radius 1 is 0.957 bits per heavy atom. The number of piperidine rings is 1. The molecule has 1 heterocycles. The number of nitrogens with one attached hydrogen (secondary N) is 1. The van der Waals surface area contributed by atoms with Crippen LogP contribution in [0.25, 0.3) is 11.1 Å². The fourth-order valence-electron chi connectivity index (χ4n) is 6.13. The number of unbranched alkanes of at least 4 members (excludes halogenated alkanes) is 1. The molecule has 8 heteroatoms. The van der Waals surface area contributed by atoms with Gasteiger partial charge in [-0.1, -0.05) is 87.0 Å². The van der Waals surface area contributed by atoms with E-state index in [0.717, 1.165) is 74.4 Å². The largest absolute Gasteiger partial charge is 0.493 e. The van der Waals surface area contributed by atoms with E-state index in [4.69, 9.17) is 15.2 Å². The maximum atomic E-state index is 12.5. The van der Waals surface area contributed by atoms with Gasteiger partial charge in [-0.15, -0.1) is 0 Å². The number of amides is 1. The van der Waals surface area contributed by atoms with E-state index >= 15 is 0 Å². The van der Waals surface area contributed by atoms with Gasteiger partial charge >= 0.3 is 0 Å². The molecule has 0 aromatic heterocycles. The van der Waals surface area contributed by atoms with E-state index in [1.54, 1.807) is 7.11 Å². The third-order valence-corrected chi connectivity index (χ3v) is 8.88. The van der Waals surface area contributed by atoms with Crippen molar-refractivity contribution < 1.29 is 14.3 Å². The molecular weight excluding hydrogens is 586 g/mol. The number of nitrogens with zero attached hydrogens (tertiary/aromatic N) is 3. The summed E-state index contributed by atoms with van der Waals surface area (Å²) in [6.45, 7) is 11.5. The highest BCUT2D eigenvalue weighted by molar-refractivity contribution is 5.96. The molecule has 1 fully saturated rings. The molecule has 254 valence electrons. The van der Waals surface area contributed by atoms with Crippen molar-refractivity contribution in [1.29, 1.82) is 0 Å². The first-order valence-electron chi connectivity index (χ1n) is 17.4. The van der Waals surface area contributed by atoms with Crippen molar-refractivity contribution in [3.05, 3.63) is 89.5 Å². The lowest BCUT2D eigenvalue weighted by Gasteiger charge is -2.38. The van der Waals surface area contributed by atoms with Crippen LogP contribution in [0.15, 0.2) is 77.8 Å². The third-order valence-electron chi connectivity index (χ3n) is 8.88. The lowest BCUT2D eigenvalue weighted by Crippen LogP contribution is -2.44. The highest BCUT2D eigenvalue weighted by Crippen LogP contribution is 2.32. The van der Waals surface area contributed by atoms with Gasteiger partial charge in [-0.25, -0.2) is 0 Å². The highest BCUT2D eigenvalue weighted by atomic mass is 16.5. The van der Waals surface area contributed by atoms with Gasteiger partial charge in [-0.05, 0) is 73.6 Å². The quantitative estimate of drug-likeness (QED) is 0.0947. The highest BCUT2D eigenvalue weighted by Gasteiger charge is 2.24. The standard InChI is InChI=1S/C39H55N5O3/c1-4-6-23-41-39(40)42-38(45)20-16-31-15-19-36(37(28-31)47-27-10-26-46-3)34-17-13-33(14-18-34)29-43-24-21-35(22-25-43)44(5-2)30-32-11-8-7-9-12-32/h7-9,11-15,17-19,28,35H,4-6,10,16,20-27,29-30H2,1-3H3,(H3,40,41,42,45). The van der Waals surface area contributed by atoms with Gasteiger partial charge in [0, 0.05) is 57.8 Å². The number of hydrogen-bond donors (Lipinski definition) is 2. The molecule has 8 nitrogen and oxygen atoms in total. The molecular formula is C39H55N5O3. The van der Waals surface area contributed by atoms with Crippen LogP contribution >= 0.6 is 0 Å². The van der Waals surface area contributed by atoms with Gasteiger partial charge in [-0.3, -0.25) is 24.9 Å². The van der Waals surface area contributed by atoms with E-state index in [1.165, 1.54) is 24.0 Å². The fourth-order valence-corrected chi connectivity index (χ4v) is 6.13. The molecule has 1 aliphatic rings. The SMILES string of the molecule is CCCCN=C(N)NC(=O)CCc1ccc(-c2ccc(CN3CCC(N(CC)Cc4ccccc4)CC3)cc2)c(OCCCOC)c1. The number of ether oxygens (including phenoxy) is 2. The second-order valence-corrected chi connectivity index (χ2v) is 12.4. The van der Waals surface area contributed by atoms with E-state index < -0.39 is 0 Å². The van der Waals surface area contributed by atoms with E-state index in [2.05, 4.69) is 107 Å². The van der Waals surface area contributed by atoms with Crippen LogP contribution < -0.4 is 15.8 Å². The first kappa shape index (κ1) is 36.1. The topological polar surface area (TPSA) is 92.4 Å². The first-order chi connectivity index (χ1) is 23.0. The number of nitrogens with two attached hydrogens (primary N) is 1. The zero-order valence-corrected chi connectivity index (χ0v) is 28.8. The van der Waals surface area contributed by atoms with Crippen molar-refractivity contribution in [3.63, 3.8) is 0 Å². The Kier molecular flexibility index (Phi) is 15.2. The monoisotopic (exact) mass is 641 g/mol.